The predicted octanol–water partition coefficient (Wildman–Crippen LogP) is 7.15. The number of benzene rings is 2. The minimum atomic E-state index is -4.70. The summed E-state index contributed by atoms with van der Waals surface area (Å²) in [4.78, 5) is 13.4. The van der Waals surface area contributed by atoms with Gasteiger partial charge in [0.25, 0.3) is 0 Å². The molecule has 2 N–H and O–H groups in total. The number of halogens is 3. The van der Waals surface area contributed by atoms with Gasteiger partial charge in [-0.15, -0.1) is 24.9 Å². The number of hydrogen-bond acceptors (Lipinski definition) is 5. The van der Waals surface area contributed by atoms with E-state index in [1.54, 1.807) is 30.0 Å². The Bertz CT molecular complexity index is 1050. The van der Waals surface area contributed by atoms with Gasteiger partial charge in [0.2, 0.25) is 0 Å². The van der Waals surface area contributed by atoms with Crippen molar-refractivity contribution in [3.8, 4) is 5.75 Å². The normalized spacial score (nSPS) is 16.1. The van der Waals surface area contributed by atoms with Gasteiger partial charge in [0, 0.05) is 21.6 Å². The summed E-state index contributed by atoms with van der Waals surface area (Å²) in [6, 6.07) is 11.5. The highest BCUT2D eigenvalue weighted by Gasteiger charge is 2.31. The zero-order valence-electron chi connectivity index (χ0n) is 18.1. The minimum Gasteiger partial charge on any atom is -0.478 e. The average molecular weight is 496 g/mol. The maximum absolute atomic E-state index is 12.4. The Hall–Kier alpha value is -2.36. The minimum absolute atomic E-state index is 0.0842. The first kappa shape index (κ1) is 25.3. The van der Waals surface area contributed by atoms with Gasteiger partial charge in [0.1, 0.15) is 5.75 Å². The van der Waals surface area contributed by atoms with E-state index in [9.17, 15) is 23.1 Å². The molecule has 1 unspecified atom stereocenters. The van der Waals surface area contributed by atoms with Gasteiger partial charge in [-0.1, -0.05) is 50.3 Å². The van der Waals surface area contributed by atoms with Crippen molar-refractivity contribution < 1.29 is 27.8 Å². The maximum atomic E-state index is 12.4. The van der Waals surface area contributed by atoms with E-state index in [0.717, 1.165) is 27.3 Å². The highest BCUT2D eigenvalue weighted by molar-refractivity contribution is 8.02. The summed E-state index contributed by atoms with van der Waals surface area (Å²) in [5, 5.41) is 9.48. The molecule has 0 spiro atoms. The number of ether oxygens (including phenoxy) is 1. The van der Waals surface area contributed by atoms with Crippen molar-refractivity contribution in [2.75, 3.05) is 0 Å². The first-order chi connectivity index (χ1) is 15.6. The highest BCUT2D eigenvalue weighted by atomic mass is 32.2. The topological polar surface area (TPSA) is 58.6 Å². The van der Waals surface area contributed by atoms with Crippen LogP contribution < -0.4 is 9.46 Å². The largest absolute Gasteiger partial charge is 0.573 e. The monoisotopic (exact) mass is 495 g/mol. The number of nitrogens with one attached hydrogen (secondary N) is 1. The van der Waals surface area contributed by atoms with Gasteiger partial charge in [-0.05, 0) is 59.7 Å². The number of alkyl halides is 3. The molecule has 1 aliphatic carbocycles. The summed E-state index contributed by atoms with van der Waals surface area (Å²) in [7, 11) is 0. The van der Waals surface area contributed by atoms with Crippen LogP contribution in [0.4, 0.5) is 13.2 Å². The summed E-state index contributed by atoms with van der Waals surface area (Å²) in [6.45, 7) is 3.93. The van der Waals surface area contributed by atoms with Crippen LogP contribution in [0.3, 0.4) is 0 Å². The number of thioether (sulfide) groups is 1. The van der Waals surface area contributed by atoms with Crippen LogP contribution in [0.1, 0.15) is 47.7 Å². The number of carbonyl (C=O) groups is 1. The van der Waals surface area contributed by atoms with Crippen molar-refractivity contribution in [1.29, 1.82) is 0 Å². The van der Waals surface area contributed by atoms with Crippen molar-refractivity contribution in [2.45, 2.75) is 49.2 Å². The number of hydrogen-bond donors (Lipinski definition) is 2. The van der Waals surface area contributed by atoms with Gasteiger partial charge in [-0.2, -0.15) is 0 Å². The Kier molecular flexibility index (Phi) is 8.56. The smallest absolute Gasteiger partial charge is 0.478 e. The Morgan fingerprint density at radius 3 is 2.67 bits per heavy atom. The van der Waals surface area contributed by atoms with Crippen molar-refractivity contribution in [3.63, 3.8) is 0 Å². The first-order valence-electron chi connectivity index (χ1n) is 10.3. The molecule has 33 heavy (non-hydrogen) atoms. The summed E-state index contributed by atoms with van der Waals surface area (Å²) >= 11 is 2.93. The quantitative estimate of drug-likeness (QED) is 0.360. The Morgan fingerprint density at radius 1 is 1.24 bits per heavy atom. The second-order valence-corrected chi connectivity index (χ2v) is 9.68. The van der Waals surface area contributed by atoms with Crippen LogP contribution >= 0.6 is 23.7 Å². The van der Waals surface area contributed by atoms with Crippen LogP contribution in [-0.2, 0) is 5.75 Å². The standard InChI is InChI=1S/C24H24F3NO3S2/c1-15(2)21-11-10-20(13-22(21)23(29)30)33-28-17-6-8-19(9-7-17)32-14-16-4-3-5-18(12-16)31-24(25,26)27/h3-6,8-13,15,17,28H,7,14H2,1-2H3,(H,29,30). The number of aromatic carboxylic acids is 1. The number of carboxylic acid groups (broad SMARTS) is 1. The molecule has 4 nitrogen and oxygen atoms in total. The van der Waals surface area contributed by atoms with E-state index in [0.29, 0.717) is 11.3 Å². The van der Waals surface area contributed by atoms with Crippen molar-refractivity contribution in [3.05, 3.63) is 82.3 Å². The van der Waals surface area contributed by atoms with E-state index >= 15 is 0 Å². The molecule has 0 aliphatic heterocycles. The van der Waals surface area contributed by atoms with Crippen molar-refractivity contribution >= 4 is 29.7 Å². The molecule has 0 fully saturated rings. The summed E-state index contributed by atoms with van der Waals surface area (Å²) in [5.74, 6) is -0.496. The molecule has 2 aromatic carbocycles. The molecule has 0 heterocycles. The van der Waals surface area contributed by atoms with E-state index in [1.807, 2.05) is 38.1 Å². The third kappa shape index (κ3) is 7.87. The lowest BCUT2D eigenvalue weighted by Gasteiger charge is -2.18. The van der Waals surface area contributed by atoms with E-state index in [-0.39, 0.29) is 17.7 Å². The molecule has 0 saturated carbocycles. The Balaban J connectivity index is 1.50. The van der Waals surface area contributed by atoms with E-state index in [4.69, 9.17) is 0 Å². The molecule has 0 radical (unpaired) electrons. The van der Waals surface area contributed by atoms with Gasteiger partial charge in [-0.25, -0.2) is 4.79 Å². The highest BCUT2D eigenvalue weighted by Crippen LogP contribution is 2.30. The molecule has 0 bridgehead atoms. The van der Waals surface area contributed by atoms with E-state index < -0.39 is 12.3 Å². The zero-order chi connectivity index (χ0) is 24.0. The summed E-state index contributed by atoms with van der Waals surface area (Å²) in [6.07, 6.45) is 2.13. The van der Waals surface area contributed by atoms with E-state index in [2.05, 4.69) is 15.5 Å². The molecular weight excluding hydrogens is 471 g/mol. The number of carboxylic acids is 1. The Labute approximate surface area is 199 Å². The van der Waals surface area contributed by atoms with E-state index in [1.165, 1.54) is 24.1 Å². The van der Waals surface area contributed by atoms with Crippen LogP contribution in [-0.4, -0.2) is 23.5 Å². The second kappa shape index (κ2) is 11.2. The lowest BCUT2D eigenvalue weighted by molar-refractivity contribution is -0.274. The SMILES string of the molecule is CC(C)c1ccc(SNC2C=CC(SCc3cccc(OC(F)(F)F)c3)=CC2)cc1C(=O)O. The zero-order valence-corrected chi connectivity index (χ0v) is 19.7. The van der Waals surface area contributed by atoms with Gasteiger partial charge < -0.3 is 9.84 Å². The molecule has 0 amide bonds. The number of rotatable bonds is 9. The molecule has 9 heteroatoms. The van der Waals surface area contributed by atoms with Crippen LogP contribution in [0.15, 0.2) is 70.5 Å². The fraction of sp³-hybridized carbons (Fsp3) is 0.292. The molecule has 0 aromatic heterocycles. The third-order valence-electron chi connectivity index (χ3n) is 4.81. The summed E-state index contributed by atoms with van der Waals surface area (Å²) < 4.78 is 44.5. The fourth-order valence-corrected chi connectivity index (χ4v) is 4.90. The lowest BCUT2D eigenvalue weighted by Crippen LogP contribution is -2.21. The lowest BCUT2D eigenvalue weighted by atomic mass is 9.97. The molecule has 1 atom stereocenters. The average Bonchev–Trinajstić information content (AvgIpc) is 2.75. The van der Waals surface area contributed by atoms with Gasteiger partial charge >= 0.3 is 12.3 Å². The fourth-order valence-electron chi connectivity index (χ4n) is 3.23. The van der Waals surface area contributed by atoms with Gasteiger partial charge in [-0.3, -0.25) is 4.72 Å². The molecule has 0 saturated heterocycles. The van der Waals surface area contributed by atoms with Gasteiger partial charge in [0.05, 0.1) is 5.56 Å². The van der Waals surface area contributed by atoms with Crippen LogP contribution in [0.2, 0.25) is 0 Å². The number of allylic oxidation sites excluding steroid dienone is 1. The van der Waals surface area contributed by atoms with Crippen LogP contribution in [0, 0.1) is 0 Å². The van der Waals surface area contributed by atoms with Crippen molar-refractivity contribution in [1.82, 2.24) is 4.72 Å². The molecule has 1 aliphatic rings. The van der Waals surface area contributed by atoms with Gasteiger partial charge in [0.15, 0.2) is 0 Å². The predicted molar refractivity (Wildman–Crippen MR) is 127 cm³/mol. The molecular formula is C24H24F3NO3S2. The first-order valence-corrected chi connectivity index (χ1v) is 12.1. The van der Waals surface area contributed by atoms with Crippen molar-refractivity contribution in [2.24, 2.45) is 0 Å². The molecule has 2 aromatic rings. The molecule has 176 valence electrons. The maximum Gasteiger partial charge on any atom is 0.573 e. The second-order valence-electron chi connectivity index (χ2n) is 7.72. The molecule has 3 rings (SSSR count). The van der Waals surface area contributed by atoms with Crippen LogP contribution in [0.5, 0.6) is 5.75 Å². The summed E-state index contributed by atoms with van der Waals surface area (Å²) in [5.41, 5.74) is 1.87. The Morgan fingerprint density at radius 2 is 2.03 bits per heavy atom. The van der Waals surface area contributed by atoms with Crippen LogP contribution in [0.25, 0.3) is 0 Å². The third-order valence-corrected chi connectivity index (χ3v) is 6.83.